The Balaban J connectivity index is 2.49. The van der Waals surface area contributed by atoms with Gasteiger partial charge in [0, 0.05) is 24.2 Å². The van der Waals surface area contributed by atoms with E-state index in [-0.39, 0.29) is 6.04 Å². The molecule has 0 bridgehead atoms. The molecule has 0 saturated heterocycles. The molecule has 1 aromatic carbocycles. The Labute approximate surface area is 106 Å². The Kier molecular flexibility index (Phi) is 5.95. The van der Waals surface area contributed by atoms with Crippen LogP contribution in [0.4, 0.5) is 8.78 Å². The highest BCUT2D eigenvalue weighted by Crippen LogP contribution is 2.17. The molecule has 2 N–H and O–H groups in total. The Bertz CT molecular complexity index is 395. The maximum absolute atomic E-state index is 13.5. The van der Waals surface area contributed by atoms with Crippen molar-refractivity contribution in [3.8, 4) is 0 Å². The summed E-state index contributed by atoms with van der Waals surface area (Å²) in [5.74, 6) is -1.16. The van der Waals surface area contributed by atoms with Crippen molar-refractivity contribution in [2.45, 2.75) is 31.9 Å². The summed E-state index contributed by atoms with van der Waals surface area (Å²) >= 11 is 0. The average molecular weight is 255 g/mol. The zero-order valence-electron chi connectivity index (χ0n) is 10.5. The van der Waals surface area contributed by atoms with Gasteiger partial charge in [-0.3, -0.25) is 0 Å². The molecule has 0 saturated carbocycles. The van der Waals surface area contributed by atoms with Crippen LogP contribution in [0.5, 0.6) is 0 Å². The number of halogens is 2. The third kappa shape index (κ3) is 4.55. The Morgan fingerprint density at radius 1 is 1.44 bits per heavy atom. The van der Waals surface area contributed by atoms with Gasteiger partial charge in [-0.15, -0.1) is 6.58 Å². The van der Waals surface area contributed by atoms with Gasteiger partial charge in [-0.25, -0.2) is 8.78 Å². The van der Waals surface area contributed by atoms with E-state index in [1.807, 2.05) is 0 Å². The summed E-state index contributed by atoms with van der Waals surface area (Å²) in [5.41, 5.74) is 0.396. The lowest BCUT2D eigenvalue weighted by Gasteiger charge is -2.17. The highest BCUT2D eigenvalue weighted by atomic mass is 19.1. The minimum atomic E-state index is -0.588. The van der Waals surface area contributed by atoms with Crippen LogP contribution in [0, 0.1) is 11.6 Å². The van der Waals surface area contributed by atoms with Gasteiger partial charge in [-0.05, 0) is 25.8 Å². The quantitative estimate of drug-likeness (QED) is 0.734. The molecule has 0 aromatic heterocycles. The first-order valence-corrected chi connectivity index (χ1v) is 6.02. The molecular weight excluding hydrogens is 236 g/mol. The van der Waals surface area contributed by atoms with Gasteiger partial charge in [0.15, 0.2) is 0 Å². The molecule has 1 aromatic rings. The first-order valence-electron chi connectivity index (χ1n) is 6.02. The lowest BCUT2D eigenvalue weighted by Crippen LogP contribution is -2.29. The second-order valence-corrected chi connectivity index (χ2v) is 4.32. The summed E-state index contributed by atoms with van der Waals surface area (Å²) in [6.07, 6.45) is 2.61. The highest BCUT2D eigenvalue weighted by Gasteiger charge is 2.12. The second kappa shape index (κ2) is 7.24. The minimum Gasteiger partial charge on any atom is -0.392 e. The molecule has 0 aliphatic rings. The van der Waals surface area contributed by atoms with E-state index in [0.29, 0.717) is 18.5 Å². The van der Waals surface area contributed by atoms with Gasteiger partial charge in [0.1, 0.15) is 11.6 Å². The van der Waals surface area contributed by atoms with Gasteiger partial charge < -0.3 is 10.4 Å². The predicted molar refractivity (Wildman–Crippen MR) is 68.2 cm³/mol. The number of aliphatic hydroxyl groups is 1. The molecule has 0 aliphatic heterocycles. The van der Waals surface area contributed by atoms with Crippen LogP contribution in [0.2, 0.25) is 0 Å². The van der Waals surface area contributed by atoms with E-state index in [4.69, 9.17) is 0 Å². The predicted octanol–water partition coefficient (Wildman–Crippen LogP) is 2.94. The van der Waals surface area contributed by atoms with Gasteiger partial charge in [-0.1, -0.05) is 12.1 Å². The molecular formula is C14H19F2NO. The van der Waals surface area contributed by atoms with Gasteiger partial charge >= 0.3 is 0 Å². The minimum absolute atomic E-state index is 0.274. The summed E-state index contributed by atoms with van der Waals surface area (Å²) in [5, 5.41) is 12.6. The van der Waals surface area contributed by atoms with Gasteiger partial charge in [-0.2, -0.15) is 0 Å². The maximum Gasteiger partial charge on any atom is 0.130 e. The van der Waals surface area contributed by atoms with Crippen molar-refractivity contribution >= 4 is 0 Å². The number of benzene rings is 1. The molecule has 0 amide bonds. The van der Waals surface area contributed by atoms with Crippen LogP contribution < -0.4 is 5.32 Å². The lowest BCUT2D eigenvalue weighted by atomic mass is 10.1. The summed E-state index contributed by atoms with van der Waals surface area (Å²) in [6.45, 7) is 5.72. The summed E-state index contributed by atoms with van der Waals surface area (Å²) in [4.78, 5) is 0. The molecule has 0 spiro atoms. The van der Waals surface area contributed by atoms with Crippen molar-refractivity contribution in [1.82, 2.24) is 5.32 Å². The number of allylic oxidation sites excluding steroid dienone is 1. The van der Waals surface area contributed by atoms with Crippen LogP contribution in [0.15, 0.2) is 30.9 Å². The molecule has 100 valence electrons. The van der Waals surface area contributed by atoms with E-state index >= 15 is 0 Å². The molecule has 2 unspecified atom stereocenters. The van der Waals surface area contributed by atoms with Crippen LogP contribution in [0.25, 0.3) is 0 Å². The van der Waals surface area contributed by atoms with E-state index < -0.39 is 17.7 Å². The smallest absolute Gasteiger partial charge is 0.130 e. The fourth-order valence-electron chi connectivity index (χ4n) is 1.69. The van der Waals surface area contributed by atoms with Crippen molar-refractivity contribution in [3.05, 3.63) is 48.1 Å². The zero-order chi connectivity index (χ0) is 13.5. The number of rotatable bonds is 7. The third-order valence-electron chi connectivity index (χ3n) is 2.79. The van der Waals surface area contributed by atoms with Gasteiger partial charge in [0.25, 0.3) is 0 Å². The second-order valence-electron chi connectivity index (χ2n) is 4.32. The van der Waals surface area contributed by atoms with Crippen molar-refractivity contribution < 1.29 is 13.9 Å². The van der Waals surface area contributed by atoms with Crippen LogP contribution in [-0.2, 0) is 0 Å². The Morgan fingerprint density at radius 2 is 2.17 bits per heavy atom. The van der Waals surface area contributed by atoms with E-state index in [1.54, 1.807) is 13.0 Å². The fourth-order valence-corrected chi connectivity index (χ4v) is 1.69. The number of aliphatic hydroxyl groups excluding tert-OH is 1. The molecule has 1 rings (SSSR count). The molecule has 18 heavy (non-hydrogen) atoms. The van der Waals surface area contributed by atoms with E-state index in [9.17, 15) is 13.9 Å². The van der Waals surface area contributed by atoms with Gasteiger partial charge in [0.2, 0.25) is 0 Å². The van der Waals surface area contributed by atoms with Crippen molar-refractivity contribution in [3.63, 3.8) is 0 Å². The maximum atomic E-state index is 13.5. The molecule has 2 atom stereocenters. The number of nitrogens with one attached hydrogen (secondary N) is 1. The first-order chi connectivity index (χ1) is 8.54. The van der Waals surface area contributed by atoms with Crippen molar-refractivity contribution in [2.24, 2.45) is 0 Å². The monoisotopic (exact) mass is 255 g/mol. The number of hydrogen-bond donors (Lipinski definition) is 2. The van der Waals surface area contributed by atoms with Crippen molar-refractivity contribution in [1.29, 1.82) is 0 Å². The Hall–Kier alpha value is -1.26. The van der Waals surface area contributed by atoms with Crippen LogP contribution >= 0.6 is 0 Å². The topological polar surface area (TPSA) is 32.3 Å². The largest absolute Gasteiger partial charge is 0.392 e. The summed E-state index contributed by atoms with van der Waals surface area (Å²) < 4.78 is 26.2. The number of hydrogen-bond acceptors (Lipinski definition) is 2. The average Bonchev–Trinajstić information content (AvgIpc) is 2.33. The van der Waals surface area contributed by atoms with Crippen LogP contribution in [0.3, 0.4) is 0 Å². The fraction of sp³-hybridized carbons (Fsp3) is 0.429. The van der Waals surface area contributed by atoms with E-state index in [1.165, 1.54) is 12.1 Å². The normalized spacial score (nSPS) is 14.2. The summed E-state index contributed by atoms with van der Waals surface area (Å²) in [6, 6.07) is 3.23. The summed E-state index contributed by atoms with van der Waals surface area (Å²) in [7, 11) is 0. The Morgan fingerprint density at radius 3 is 2.78 bits per heavy atom. The van der Waals surface area contributed by atoms with Gasteiger partial charge in [0.05, 0.1) is 6.10 Å². The molecule has 0 aliphatic carbocycles. The lowest BCUT2D eigenvalue weighted by molar-refractivity contribution is 0.159. The van der Waals surface area contributed by atoms with Crippen LogP contribution in [0.1, 0.15) is 31.4 Å². The molecule has 4 heteroatoms. The zero-order valence-corrected chi connectivity index (χ0v) is 10.5. The molecule has 0 radical (unpaired) electrons. The standard InChI is InChI=1S/C14H19F2NO/c1-3-4-5-12(18)9-17-10(2)13-7-6-11(15)8-14(13)16/h3,6-8,10,12,17-18H,1,4-5,9H2,2H3. The molecule has 0 heterocycles. The molecule has 0 fully saturated rings. The van der Waals surface area contributed by atoms with Crippen molar-refractivity contribution in [2.75, 3.05) is 6.54 Å². The van der Waals surface area contributed by atoms with E-state index in [0.717, 1.165) is 12.5 Å². The van der Waals surface area contributed by atoms with E-state index in [2.05, 4.69) is 11.9 Å². The SMILES string of the molecule is C=CCCC(O)CNC(C)c1ccc(F)cc1F. The first kappa shape index (κ1) is 14.8. The van der Waals surface area contributed by atoms with Crippen LogP contribution in [-0.4, -0.2) is 17.8 Å². The third-order valence-corrected chi connectivity index (χ3v) is 2.79. The highest BCUT2D eigenvalue weighted by molar-refractivity contribution is 5.21. The molecule has 2 nitrogen and oxygen atoms in total.